The number of rotatable bonds is 8. The lowest BCUT2D eigenvalue weighted by Gasteiger charge is -2.22. The molecule has 0 aliphatic heterocycles. The van der Waals surface area contributed by atoms with Crippen LogP contribution in [0.15, 0.2) is 30.3 Å². The van der Waals surface area contributed by atoms with Gasteiger partial charge in [0.05, 0.1) is 19.3 Å². The molecule has 2 rings (SSSR count). The highest BCUT2D eigenvalue weighted by atomic mass is 16.5. The molecule has 0 bridgehead atoms. The minimum Gasteiger partial charge on any atom is -0.389 e. The predicted molar refractivity (Wildman–Crippen MR) is 81.5 cm³/mol. The van der Waals surface area contributed by atoms with E-state index < -0.39 is 6.10 Å². The van der Waals surface area contributed by atoms with E-state index in [1.807, 2.05) is 30.3 Å². The molecule has 0 amide bonds. The van der Waals surface area contributed by atoms with Crippen molar-refractivity contribution in [1.82, 2.24) is 5.32 Å². The third kappa shape index (κ3) is 5.23. The third-order valence-electron chi connectivity index (χ3n) is 4.20. The molecule has 1 aromatic carbocycles. The maximum atomic E-state index is 9.93. The molecule has 2 N–H and O–H groups in total. The Morgan fingerprint density at radius 1 is 1.25 bits per heavy atom. The van der Waals surface area contributed by atoms with Crippen LogP contribution in [0.3, 0.4) is 0 Å². The van der Waals surface area contributed by atoms with Gasteiger partial charge in [-0.15, -0.1) is 0 Å². The molecule has 3 nitrogen and oxygen atoms in total. The second kappa shape index (κ2) is 8.40. The fourth-order valence-corrected chi connectivity index (χ4v) is 2.89. The van der Waals surface area contributed by atoms with Gasteiger partial charge in [0, 0.05) is 12.6 Å². The van der Waals surface area contributed by atoms with Crippen LogP contribution in [0.25, 0.3) is 0 Å². The molecule has 3 heteroatoms. The van der Waals surface area contributed by atoms with Crippen LogP contribution in [0.1, 0.15) is 38.2 Å². The van der Waals surface area contributed by atoms with E-state index >= 15 is 0 Å². The van der Waals surface area contributed by atoms with Gasteiger partial charge in [-0.2, -0.15) is 0 Å². The zero-order chi connectivity index (χ0) is 14.2. The summed E-state index contributed by atoms with van der Waals surface area (Å²) < 4.78 is 5.55. The van der Waals surface area contributed by atoms with E-state index in [1.165, 1.54) is 25.7 Å². The number of ether oxygens (including phenoxy) is 1. The summed E-state index contributed by atoms with van der Waals surface area (Å²) in [7, 11) is 0. The number of aliphatic hydroxyl groups excluding tert-OH is 1. The third-order valence-corrected chi connectivity index (χ3v) is 4.20. The number of hydrogen-bond donors (Lipinski definition) is 2. The number of hydrogen-bond acceptors (Lipinski definition) is 3. The summed E-state index contributed by atoms with van der Waals surface area (Å²) in [6.07, 6.45) is 4.95. The van der Waals surface area contributed by atoms with Crippen molar-refractivity contribution in [2.24, 2.45) is 5.92 Å². The molecule has 0 saturated heterocycles. The SMILES string of the molecule is C[C@@H](NCC(O)COCc1ccccc1)C1CCCC1. The zero-order valence-electron chi connectivity index (χ0n) is 12.4. The minimum atomic E-state index is -0.428. The Morgan fingerprint density at radius 3 is 2.65 bits per heavy atom. The Hall–Kier alpha value is -0.900. The van der Waals surface area contributed by atoms with Gasteiger partial charge in [-0.05, 0) is 31.2 Å². The van der Waals surface area contributed by atoms with Gasteiger partial charge in [-0.3, -0.25) is 0 Å². The molecule has 1 fully saturated rings. The van der Waals surface area contributed by atoms with Crippen molar-refractivity contribution >= 4 is 0 Å². The lowest BCUT2D eigenvalue weighted by Crippen LogP contribution is -2.39. The fourth-order valence-electron chi connectivity index (χ4n) is 2.89. The molecule has 1 saturated carbocycles. The van der Waals surface area contributed by atoms with E-state index in [1.54, 1.807) is 0 Å². The van der Waals surface area contributed by atoms with Crippen molar-refractivity contribution in [1.29, 1.82) is 0 Å². The highest BCUT2D eigenvalue weighted by Gasteiger charge is 2.21. The molecular weight excluding hydrogens is 250 g/mol. The van der Waals surface area contributed by atoms with Crippen LogP contribution in [0.2, 0.25) is 0 Å². The molecule has 1 aliphatic rings. The average molecular weight is 277 g/mol. The van der Waals surface area contributed by atoms with Crippen molar-refractivity contribution in [2.45, 2.75) is 51.4 Å². The van der Waals surface area contributed by atoms with E-state index in [0.29, 0.717) is 25.8 Å². The number of benzene rings is 1. The van der Waals surface area contributed by atoms with Crippen LogP contribution in [-0.4, -0.2) is 30.4 Å². The standard InChI is InChI=1S/C17H27NO2/c1-14(16-9-5-6-10-16)18-11-17(19)13-20-12-15-7-3-2-4-8-15/h2-4,7-8,14,16-19H,5-6,9-13H2,1H3/t14-,17?/m1/s1. The Labute approximate surface area is 122 Å². The molecule has 112 valence electrons. The molecule has 1 aromatic rings. The highest BCUT2D eigenvalue weighted by molar-refractivity contribution is 5.13. The summed E-state index contributed by atoms with van der Waals surface area (Å²) in [5.74, 6) is 0.785. The largest absolute Gasteiger partial charge is 0.389 e. The first kappa shape index (κ1) is 15.5. The summed E-state index contributed by atoms with van der Waals surface area (Å²) >= 11 is 0. The molecule has 0 radical (unpaired) electrons. The summed E-state index contributed by atoms with van der Waals surface area (Å²) in [6.45, 7) is 3.80. The first-order valence-corrected chi connectivity index (χ1v) is 7.79. The maximum absolute atomic E-state index is 9.93. The van der Waals surface area contributed by atoms with Gasteiger partial charge in [0.2, 0.25) is 0 Å². The van der Waals surface area contributed by atoms with Crippen LogP contribution in [0, 0.1) is 5.92 Å². The Balaban J connectivity index is 1.57. The van der Waals surface area contributed by atoms with Crippen molar-refractivity contribution in [3.8, 4) is 0 Å². The van der Waals surface area contributed by atoms with E-state index in [4.69, 9.17) is 4.74 Å². The van der Waals surface area contributed by atoms with Gasteiger partial charge in [-0.1, -0.05) is 43.2 Å². The van der Waals surface area contributed by atoms with Crippen LogP contribution in [-0.2, 0) is 11.3 Å². The molecule has 1 aliphatic carbocycles. The van der Waals surface area contributed by atoms with Crippen molar-refractivity contribution in [3.63, 3.8) is 0 Å². The topological polar surface area (TPSA) is 41.5 Å². The molecule has 0 heterocycles. The van der Waals surface area contributed by atoms with Gasteiger partial charge in [-0.25, -0.2) is 0 Å². The van der Waals surface area contributed by atoms with E-state index in [9.17, 15) is 5.11 Å². The van der Waals surface area contributed by atoms with Crippen molar-refractivity contribution in [2.75, 3.05) is 13.2 Å². The van der Waals surface area contributed by atoms with Crippen LogP contribution in [0.4, 0.5) is 0 Å². The van der Waals surface area contributed by atoms with Crippen molar-refractivity contribution < 1.29 is 9.84 Å². The summed E-state index contributed by atoms with van der Waals surface area (Å²) in [6, 6.07) is 10.6. The first-order chi connectivity index (χ1) is 9.75. The molecule has 0 spiro atoms. The number of aliphatic hydroxyl groups is 1. The smallest absolute Gasteiger partial charge is 0.0897 e. The first-order valence-electron chi connectivity index (χ1n) is 7.79. The quantitative estimate of drug-likeness (QED) is 0.767. The van der Waals surface area contributed by atoms with Crippen LogP contribution >= 0.6 is 0 Å². The summed E-state index contributed by atoms with van der Waals surface area (Å²) in [4.78, 5) is 0. The molecule has 2 atom stereocenters. The highest BCUT2D eigenvalue weighted by Crippen LogP contribution is 2.27. The van der Waals surface area contributed by atoms with E-state index in [-0.39, 0.29) is 0 Å². The second-order valence-corrected chi connectivity index (χ2v) is 5.90. The van der Waals surface area contributed by atoms with Crippen LogP contribution in [0.5, 0.6) is 0 Å². The lowest BCUT2D eigenvalue weighted by atomic mass is 10.00. The van der Waals surface area contributed by atoms with E-state index in [0.717, 1.165) is 11.5 Å². The fraction of sp³-hybridized carbons (Fsp3) is 0.647. The Bertz CT molecular complexity index is 363. The van der Waals surface area contributed by atoms with Gasteiger partial charge in [0.15, 0.2) is 0 Å². The van der Waals surface area contributed by atoms with Gasteiger partial charge < -0.3 is 15.2 Å². The summed E-state index contributed by atoms with van der Waals surface area (Å²) in [5.41, 5.74) is 1.15. The molecule has 0 aromatic heterocycles. The number of nitrogens with one attached hydrogen (secondary N) is 1. The van der Waals surface area contributed by atoms with Gasteiger partial charge in [0.25, 0.3) is 0 Å². The minimum absolute atomic E-state index is 0.388. The molecule has 1 unspecified atom stereocenters. The maximum Gasteiger partial charge on any atom is 0.0897 e. The molecule has 20 heavy (non-hydrogen) atoms. The Morgan fingerprint density at radius 2 is 1.95 bits per heavy atom. The van der Waals surface area contributed by atoms with Gasteiger partial charge in [0.1, 0.15) is 0 Å². The Kier molecular flexibility index (Phi) is 6.51. The zero-order valence-corrected chi connectivity index (χ0v) is 12.4. The average Bonchev–Trinajstić information content (AvgIpc) is 3.00. The lowest BCUT2D eigenvalue weighted by molar-refractivity contribution is 0.0270. The predicted octanol–water partition coefficient (Wildman–Crippen LogP) is 2.73. The summed E-state index contributed by atoms with van der Waals surface area (Å²) in [5, 5.41) is 13.4. The molecular formula is C17H27NO2. The van der Waals surface area contributed by atoms with Crippen molar-refractivity contribution in [3.05, 3.63) is 35.9 Å². The van der Waals surface area contributed by atoms with Crippen LogP contribution < -0.4 is 5.32 Å². The normalized spacial score (nSPS) is 19.1. The second-order valence-electron chi connectivity index (χ2n) is 5.90. The van der Waals surface area contributed by atoms with E-state index in [2.05, 4.69) is 12.2 Å². The van der Waals surface area contributed by atoms with Gasteiger partial charge >= 0.3 is 0 Å². The monoisotopic (exact) mass is 277 g/mol.